The number of carbonyl (C=O) groups is 2. The van der Waals surface area contributed by atoms with Crippen molar-refractivity contribution in [2.75, 3.05) is 20.2 Å². The summed E-state index contributed by atoms with van der Waals surface area (Å²) in [6, 6.07) is 26.4. The Morgan fingerprint density at radius 1 is 0.635 bits per heavy atom. The maximum absolute atomic E-state index is 11.3. The Bertz CT molecular complexity index is 2450. The predicted molar refractivity (Wildman–Crippen MR) is 243 cm³/mol. The van der Waals surface area contributed by atoms with Crippen LogP contribution in [0.4, 0.5) is 0 Å². The van der Waals surface area contributed by atoms with E-state index >= 15 is 0 Å². The molecule has 0 fully saturated rings. The van der Waals surface area contributed by atoms with Crippen molar-refractivity contribution in [1.29, 1.82) is 0 Å². The summed E-state index contributed by atoms with van der Waals surface area (Å²) < 4.78 is 26.9. The Morgan fingerprint density at radius 2 is 1.02 bits per heavy atom. The first kappa shape index (κ1) is 48.2. The normalized spacial score (nSPS) is 11.6. The third kappa shape index (κ3) is 13.6. The SMILES string of the molecule is CC(C)Oc1ccc(-c2noc(-c3ccc(C(C)(C)NCCC(=O)O)cc3)n2)cc1Cl.COC(=O)CCNC(C)(C)c1ccc(-c2nc(-c3ccc(OC(C)C)c(Cl)c3)no2)cc1. The van der Waals surface area contributed by atoms with Gasteiger partial charge < -0.3 is 39.0 Å². The molecule has 6 rings (SSSR count). The van der Waals surface area contributed by atoms with E-state index in [-0.39, 0.29) is 35.7 Å². The fourth-order valence-electron chi connectivity index (χ4n) is 6.22. The second kappa shape index (κ2) is 21.5. The van der Waals surface area contributed by atoms with Gasteiger partial charge in [-0.25, -0.2) is 0 Å². The van der Waals surface area contributed by atoms with Crippen LogP contribution in [0, 0.1) is 0 Å². The Kier molecular flexibility index (Phi) is 16.5. The van der Waals surface area contributed by atoms with Crippen LogP contribution >= 0.6 is 23.2 Å². The third-order valence-corrected chi connectivity index (χ3v) is 10.3. The van der Waals surface area contributed by atoms with Gasteiger partial charge in [0, 0.05) is 46.4 Å². The van der Waals surface area contributed by atoms with Gasteiger partial charge in [-0.05, 0) is 127 Å². The summed E-state index contributed by atoms with van der Waals surface area (Å²) in [5.41, 5.74) is 4.48. The van der Waals surface area contributed by atoms with Gasteiger partial charge in [0.2, 0.25) is 11.6 Å². The molecule has 0 radical (unpaired) electrons. The van der Waals surface area contributed by atoms with Crippen LogP contribution in [0.3, 0.4) is 0 Å². The molecular formula is C47H54Cl2N6O8. The molecule has 2 aromatic heterocycles. The van der Waals surface area contributed by atoms with Crippen molar-refractivity contribution in [3.8, 4) is 57.2 Å². The van der Waals surface area contributed by atoms with Crippen LogP contribution in [0.5, 0.6) is 11.5 Å². The van der Waals surface area contributed by atoms with E-state index in [1.54, 1.807) is 24.3 Å². The largest absolute Gasteiger partial charge is 0.489 e. The first-order valence-electron chi connectivity index (χ1n) is 20.5. The molecule has 63 heavy (non-hydrogen) atoms. The monoisotopic (exact) mass is 900 g/mol. The summed E-state index contributed by atoms with van der Waals surface area (Å²) in [7, 11) is 1.39. The first-order chi connectivity index (χ1) is 29.8. The zero-order valence-electron chi connectivity index (χ0n) is 36.9. The summed E-state index contributed by atoms with van der Waals surface area (Å²) >= 11 is 12.6. The number of carboxylic acid groups (broad SMARTS) is 1. The number of halogens is 2. The molecule has 0 saturated carbocycles. The molecule has 6 aromatic rings. The molecule has 4 aromatic carbocycles. The van der Waals surface area contributed by atoms with E-state index in [2.05, 4.69) is 49.5 Å². The van der Waals surface area contributed by atoms with E-state index in [1.807, 2.05) is 102 Å². The maximum Gasteiger partial charge on any atom is 0.306 e. The van der Waals surface area contributed by atoms with Crippen molar-refractivity contribution in [3.63, 3.8) is 0 Å². The number of rotatable bonds is 18. The number of carbonyl (C=O) groups excluding carboxylic acids is 1. The lowest BCUT2D eigenvalue weighted by Gasteiger charge is -2.27. The Balaban J connectivity index is 0.000000238. The van der Waals surface area contributed by atoms with Gasteiger partial charge >= 0.3 is 11.9 Å². The highest BCUT2D eigenvalue weighted by molar-refractivity contribution is 6.32. The van der Waals surface area contributed by atoms with E-state index in [9.17, 15) is 9.59 Å². The number of ether oxygens (including phenoxy) is 3. The minimum Gasteiger partial charge on any atom is -0.489 e. The number of hydrogen-bond donors (Lipinski definition) is 3. The van der Waals surface area contributed by atoms with Gasteiger partial charge in [-0.1, -0.05) is 57.8 Å². The molecule has 2 heterocycles. The number of carboxylic acids is 1. The number of methoxy groups -OCH3 is 1. The number of hydrogen-bond acceptors (Lipinski definition) is 13. The summed E-state index contributed by atoms with van der Waals surface area (Å²) in [6.45, 7) is 16.8. The van der Waals surface area contributed by atoms with Gasteiger partial charge in [0.1, 0.15) is 11.5 Å². The quantitative estimate of drug-likeness (QED) is 0.0692. The predicted octanol–water partition coefficient (Wildman–Crippen LogP) is 10.4. The van der Waals surface area contributed by atoms with Gasteiger partial charge in [-0.15, -0.1) is 0 Å². The van der Waals surface area contributed by atoms with Crippen LogP contribution in [0.15, 0.2) is 94.0 Å². The number of nitrogens with zero attached hydrogens (tertiary/aromatic N) is 4. The molecule has 0 aliphatic carbocycles. The fourth-order valence-corrected chi connectivity index (χ4v) is 6.67. The zero-order chi connectivity index (χ0) is 45.9. The summed E-state index contributed by atoms with van der Waals surface area (Å²) in [5, 5.41) is 24.6. The molecule has 0 unspecified atom stereocenters. The van der Waals surface area contributed by atoms with Gasteiger partial charge in [-0.3, -0.25) is 9.59 Å². The Labute approximate surface area is 377 Å². The molecule has 0 saturated heterocycles. The van der Waals surface area contributed by atoms with Gasteiger partial charge in [0.05, 0.1) is 42.2 Å². The van der Waals surface area contributed by atoms with Crippen molar-refractivity contribution in [1.82, 2.24) is 30.9 Å². The van der Waals surface area contributed by atoms with Gasteiger partial charge in [0.15, 0.2) is 0 Å². The van der Waals surface area contributed by atoms with Crippen molar-refractivity contribution >= 4 is 35.1 Å². The molecule has 0 spiro atoms. The van der Waals surface area contributed by atoms with Crippen LogP contribution in [-0.4, -0.2) is 69.7 Å². The molecule has 14 nitrogen and oxygen atoms in total. The lowest BCUT2D eigenvalue weighted by atomic mass is 9.93. The lowest BCUT2D eigenvalue weighted by Crippen LogP contribution is -2.37. The first-order valence-corrected chi connectivity index (χ1v) is 21.2. The van der Waals surface area contributed by atoms with E-state index < -0.39 is 5.97 Å². The van der Waals surface area contributed by atoms with E-state index in [0.717, 1.165) is 33.4 Å². The van der Waals surface area contributed by atoms with Crippen molar-refractivity contribution in [2.45, 2.75) is 91.5 Å². The van der Waals surface area contributed by atoms with Gasteiger partial charge in [-0.2, -0.15) is 9.97 Å². The second-order valence-corrected chi connectivity index (χ2v) is 17.0. The Morgan fingerprint density at radius 3 is 1.37 bits per heavy atom. The van der Waals surface area contributed by atoms with Crippen LogP contribution in [0.1, 0.15) is 79.4 Å². The molecular weight excluding hydrogens is 847 g/mol. The lowest BCUT2D eigenvalue weighted by molar-refractivity contribution is -0.140. The second-order valence-electron chi connectivity index (χ2n) is 16.2. The molecule has 0 amide bonds. The third-order valence-electron chi connectivity index (χ3n) is 9.69. The van der Waals surface area contributed by atoms with Crippen molar-refractivity contribution < 1.29 is 38.0 Å². The summed E-state index contributed by atoms with van der Waals surface area (Å²) in [4.78, 5) is 31.0. The van der Waals surface area contributed by atoms with Gasteiger partial charge in [0.25, 0.3) is 11.8 Å². The highest BCUT2D eigenvalue weighted by atomic mass is 35.5. The summed E-state index contributed by atoms with van der Waals surface area (Å²) in [6.07, 6.45) is 0.449. The zero-order valence-corrected chi connectivity index (χ0v) is 38.4. The molecule has 3 N–H and O–H groups in total. The smallest absolute Gasteiger partial charge is 0.306 e. The number of esters is 1. The van der Waals surface area contributed by atoms with Crippen molar-refractivity contribution in [3.05, 3.63) is 106 Å². The van der Waals surface area contributed by atoms with E-state index in [0.29, 0.717) is 64.5 Å². The van der Waals surface area contributed by atoms with Crippen LogP contribution in [-0.2, 0) is 25.4 Å². The number of benzene rings is 4. The number of nitrogens with one attached hydrogen (secondary N) is 2. The summed E-state index contributed by atoms with van der Waals surface area (Å²) in [5.74, 6) is 1.87. The average molecular weight is 902 g/mol. The van der Waals surface area contributed by atoms with E-state index in [4.69, 9.17) is 46.8 Å². The number of aromatic nitrogens is 4. The standard InChI is InChI=1S/C24H28ClN3O4.C23H26ClN3O4/c1-15(2)31-20-11-8-17(14-19(20)25)22-27-23(32-28-22)16-6-9-18(10-7-16)24(3,4)26-13-12-21(29)30-5;1-14(2)30-19-10-7-16(13-18(19)24)21-26-22(31-27-21)15-5-8-17(9-6-15)23(3,4)25-12-11-20(28)29/h6-11,14-15,26H,12-13H2,1-5H3;5-10,13-14,25H,11-12H2,1-4H3,(H,28,29). The fraction of sp³-hybridized carbons (Fsp3) is 0.362. The van der Waals surface area contributed by atoms with Crippen LogP contribution in [0.25, 0.3) is 45.7 Å². The molecule has 0 bridgehead atoms. The van der Waals surface area contributed by atoms with E-state index in [1.165, 1.54) is 7.11 Å². The van der Waals surface area contributed by atoms with Crippen molar-refractivity contribution in [2.24, 2.45) is 0 Å². The minimum absolute atomic E-state index is 0.0282. The molecule has 334 valence electrons. The van der Waals surface area contributed by atoms with Crippen LogP contribution < -0.4 is 20.1 Å². The minimum atomic E-state index is -0.825. The van der Waals surface area contributed by atoms with Crippen LogP contribution in [0.2, 0.25) is 10.0 Å². The highest BCUT2D eigenvalue weighted by Crippen LogP contribution is 2.33. The maximum atomic E-state index is 11.3. The topological polar surface area (TPSA) is 184 Å². The molecule has 0 atom stereocenters. The molecule has 16 heteroatoms. The average Bonchev–Trinajstić information content (AvgIpc) is 3.94. The highest BCUT2D eigenvalue weighted by Gasteiger charge is 2.23. The molecule has 0 aliphatic rings. The number of aliphatic carboxylic acids is 1. The molecule has 0 aliphatic heterocycles. The Hall–Kier alpha value is -5.80.